The third-order valence-corrected chi connectivity index (χ3v) is 4.12. The molecule has 1 N–H and O–H groups in total. The third-order valence-electron chi connectivity index (χ3n) is 4.12. The quantitative estimate of drug-likeness (QED) is 0.926. The van der Waals surface area contributed by atoms with Crippen LogP contribution in [-0.4, -0.2) is 28.1 Å². The summed E-state index contributed by atoms with van der Waals surface area (Å²) in [4.78, 5) is 6.64. The highest BCUT2D eigenvalue weighted by molar-refractivity contribution is 5.22. The molecule has 3 nitrogen and oxygen atoms in total. The van der Waals surface area contributed by atoms with Crippen LogP contribution in [0.4, 0.5) is 0 Å². The molecule has 104 valence electrons. The highest BCUT2D eigenvalue weighted by Gasteiger charge is 2.32. The Hall–Kier alpha value is -1.71. The maximum Gasteiger partial charge on any atom is 0.0628 e. The minimum Gasteiger partial charge on any atom is -0.394 e. The summed E-state index contributed by atoms with van der Waals surface area (Å²) in [5, 5.41) is 9.85. The van der Waals surface area contributed by atoms with E-state index in [2.05, 4.69) is 28.1 Å². The molecular formula is C17H20N2O. The first-order chi connectivity index (χ1) is 9.90. The number of hydrogen-bond donors (Lipinski definition) is 1. The zero-order chi connectivity index (χ0) is 13.8. The first kappa shape index (κ1) is 13.3. The summed E-state index contributed by atoms with van der Waals surface area (Å²) < 4.78 is 0. The summed E-state index contributed by atoms with van der Waals surface area (Å²) in [6.07, 6.45) is 6.06. The van der Waals surface area contributed by atoms with Gasteiger partial charge in [0.1, 0.15) is 0 Å². The van der Waals surface area contributed by atoms with Crippen LogP contribution in [0.5, 0.6) is 0 Å². The van der Waals surface area contributed by atoms with Gasteiger partial charge in [0.2, 0.25) is 0 Å². The molecule has 0 bridgehead atoms. The lowest BCUT2D eigenvalue weighted by molar-refractivity contribution is 0.112. The van der Waals surface area contributed by atoms with E-state index in [1.807, 2.05) is 36.7 Å². The standard InChI is InChI=1S/C17H20N2O/c20-13-17(14-6-2-1-3-7-14)19-11-5-9-16(19)15-8-4-10-18-12-15/h1-4,6-8,10,12,16-17,20H,5,9,11,13H2/t16-,17+/m1/s1. The Kier molecular flexibility index (Phi) is 4.09. The molecule has 1 aromatic heterocycles. The highest BCUT2D eigenvalue weighted by atomic mass is 16.3. The average Bonchev–Trinajstić information content (AvgIpc) is 2.99. The number of likely N-dealkylation sites (tertiary alicyclic amines) is 1. The van der Waals surface area contributed by atoms with Crippen LogP contribution in [0.25, 0.3) is 0 Å². The van der Waals surface area contributed by atoms with Crippen molar-refractivity contribution in [2.24, 2.45) is 0 Å². The summed E-state index contributed by atoms with van der Waals surface area (Å²) in [6.45, 7) is 1.18. The van der Waals surface area contributed by atoms with E-state index < -0.39 is 0 Å². The summed E-state index contributed by atoms with van der Waals surface area (Å²) in [5.41, 5.74) is 2.44. The topological polar surface area (TPSA) is 36.4 Å². The Labute approximate surface area is 119 Å². The second-order valence-corrected chi connectivity index (χ2v) is 5.29. The van der Waals surface area contributed by atoms with Gasteiger partial charge in [0.15, 0.2) is 0 Å². The van der Waals surface area contributed by atoms with Crippen molar-refractivity contribution < 1.29 is 5.11 Å². The lowest BCUT2D eigenvalue weighted by Gasteiger charge is -2.32. The summed E-state index contributed by atoms with van der Waals surface area (Å²) >= 11 is 0. The molecule has 1 saturated heterocycles. The maximum absolute atomic E-state index is 9.85. The van der Waals surface area contributed by atoms with E-state index in [0.29, 0.717) is 6.04 Å². The van der Waals surface area contributed by atoms with Crippen molar-refractivity contribution in [1.82, 2.24) is 9.88 Å². The molecule has 1 fully saturated rings. The van der Waals surface area contributed by atoms with E-state index >= 15 is 0 Å². The molecule has 1 aliphatic rings. The van der Waals surface area contributed by atoms with Crippen LogP contribution in [0.2, 0.25) is 0 Å². The average molecular weight is 268 g/mol. The van der Waals surface area contributed by atoms with Crippen LogP contribution in [0.15, 0.2) is 54.9 Å². The predicted molar refractivity (Wildman–Crippen MR) is 79.2 cm³/mol. The molecule has 0 radical (unpaired) electrons. The number of benzene rings is 1. The van der Waals surface area contributed by atoms with E-state index in [1.165, 1.54) is 17.5 Å². The minimum atomic E-state index is 0.0731. The zero-order valence-corrected chi connectivity index (χ0v) is 11.5. The monoisotopic (exact) mass is 268 g/mol. The first-order valence-corrected chi connectivity index (χ1v) is 7.21. The number of rotatable bonds is 4. The van der Waals surface area contributed by atoms with Crippen LogP contribution < -0.4 is 0 Å². The van der Waals surface area contributed by atoms with Crippen LogP contribution in [-0.2, 0) is 0 Å². The Morgan fingerprint density at radius 2 is 2.05 bits per heavy atom. The normalized spacial score (nSPS) is 20.9. The molecule has 0 unspecified atom stereocenters. The molecule has 3 rings (SSSR count). The van der Waals surface area contributed by atoms with Crippen LogP contribution in [0.1, 0.15) is 36.1 Å². The fourth-order valence-corrected chi connectivity index (χ4v) is 3.17. The molecule has 1 aliphatic heterocycles. The first-order valence-electron chi connectivity index (χ1n) is 7.21. The molecule has 2 atom stereocenters. The number of nitrogens with zero attached hydrogens (tertiary/aromatic N) is 2. The molecule has 2 heterocycles. The van der Waals surface area contributed by atoms with Gasteiger partial charge in [0.05, 0.1) is 12.6 Å². The fourth-order valence-electron chi connectivity index (χ4n) is 3.17. The van der Waals surface area contributed by atoms with Gasteiger partial charge >= 0.3 is 0 Å². The van der Waals surface area contributed by atoms with Gasteiger partial charge in [-0.2, -0.15) is 0 Å². The zero-order valence-electron chi connectivity index (χ0n) is 11.5. The summed E-state index contributed by atoms with van der Waals surface area (Å²) in [7, 11) is 0. The third kappa shape index (κ3) is 2.60. The van der Waals surface area contributed by atoms with Gasteiger partial charge in [-0.15, -0.1) is 0 Å². The number of pyridine rings is 1. The van der Waals surface area contributed by atoms with Gasteiger partial charge < -0.3 is 5.11 Å². The van der Waals surface area contributed by atoms with Gasteiger partial charge in [-0.3, -0.25) is 9.88 Å². The van der Waals surface area contributed by atoms with Gasteiger partial charge in [0.25, 0.3) is 0 Å². The molecular weight excluding hydrogens is 248 g/mol. The van der Waals surface area contributed by atoms with Gasteiger partial charge in [0, 0.05) is 18.4 Å². The van der Waals surface area contributed by atoms with Crippen molar-refractivity contribution in [1.29, 1.82) is 0 Å². The second-order valence-electron chi connectivity index (χ2n) is 5.29. The maximum atomic E-state index is 9.85. The van der Waals surface area contributed by atoms with Crippen molar-refractivity contribution in [2.45, 2.75) is 24.9 Å². The SMILES string of the molecule is OC[C@@H](c1ccccc1)N1CCC[C@@H]1c1cccnc1. The van der Waals surface area contributed by atoms with Crippen molar-refractivity contribution >= 4 is 0 Å². The van der Waals surface area contributed by atoms with E-state index in [-0.39, 0.29) is 12.6 Å². The Morgan fingerprint density at radius 3 is 2.75 bits per heavy atom. The van der Waals surface area contributed by atoms with E-state index in [1.54, 1.807) is 0 Å². The van der Waals surface area contributed by atoms with Gasteiger partial charge in [-0.05, 0) is 36.6 Å². The Balaban J connectivity index is 1.87. The van der Waals surface area contributed by atoms with E-state index in [0.717, 1.165) is 13.0 Å². The van der Waals surface area contributed by atoms with Crippen LogP contribution >= 0.6 is 0 Å². The molecule has 1 aromatic carbocycles. The molecule has 0 spiro atoms. The number of aliphatic hydroxyl groups excluding tert-OH is 1. The lowest BCUT2D eigenvalue weighted by Crippen LogP contribution is -2.30. The summed E-state index contributed by atoms with van der Waals surface area (Å²) in [5.74, 6) is 0. The van der Waals surface area contributed by atoms with E-state index in [9.17, 15) is 5.11 Å². The smallest absolute Gasteiger partial charge is 0.0628 e. The predicted octanol–water partition coefficient (Wildman–Crippen LogP) is 2.95. The number of hydrogen-bond acceptors (Lipinski definition) is 3. The molecule has 0 aliphatic carbocycles. The van der Waals surface area contributed by atoms with Crippen LogP contribution in [0.3, 0.4) is 0 Å². The van der Waals surface area contributed by atoms with Crippen molar-refractivity contribution in [3.63, 3.8) is 0 Å². The van der Waals surface area contributed by atoms with Crippen molar-refractivity contribution in [3.8, 4) is 0 Å². The molecule has 3 heteroatoms. The van der Waals surface area contributed by atoms with Crippen molar-refractivity contribution in [2.75, 3.05) is 13.2 Å². The minimum absolute atomic E-state index is 0.0731. The molecule has 20 heavy (non-hydrogen) atoms. The summed E-state index contributed by atoms with van der Waals surface area (Å²) in [6, 6.07) is 14.8. The van der Waals surface area contributed by atoms with Gasteiger partial charge in [-0.25, -0.2) is 0 Å². The van der Waals surface area contributed by atoms with Gasteiger partial charge in [-0.1, -0.05) is 36.4 Å². The van der Waals surface area contributed by atoms with Crippen LogP contribution in [0, 0.1) is 0 Å². The van der Waals surface area contributed by atoms with Crippen molar-refractivity contribution in [3.05, 3.63) is 66.0 Å². The fraction of sp³-hybridized carbons (Fsp3) is 0.353. The Morgan fingerprint density at radius 1 is 1.20 bits per heavy atom. The molecule has 0 saturated carbocycles. The highest BCUT2D eigenvalue weighted by Crippen LogP contribution is 2.38. The molecule has 0 amide bonds. The largest absolute Gasteiger partial charge is 0.394 e. The lowest BCUT2D eigenvalue weighted by atomic mass is 10.0. The van der Waals surface area contributed by atoms with E-state index in [4.69, 9.17) is 0 Å². The second kappa shape index (κ2) is 6.16. The Bertz CT molecular complexity index is 529. The number of aliphatic hydroxyl groups is 1. The number of aromatic nitrogens is 1. The molecule has 2 aromatic rings.